The Morgan fingerprint density at radius 1 is 0.763 bits per heavy atom. The summed E-state index contributed by atoms with van der Waals surface area (Å²) >= 11 is 0. The Balaban J connectivity index is 1.43. The second-order valence-corrected chi connectivity index (χ2v) is 19.4. The Morgan fingerprint density at radius 2 is 1.29 bits per heavy atom. The van der Waals surface area contributed by atoms with Gasteiger partial charge in [0.1, 0.15) is 24.4 Å². The highest BCUT2D eigenvalue weighted by atomic mass is 16.4. The molecule has 0 heterocycles. The number of nitrogens with one attached hydrogen (secondary N) is 2. The molecular weight excluding hydrogens is 770 g/mol. The standard InChI is InChI=1S/C42H79N3O14/c1-23(28-9-10-29-36-30(20-34(54)40(28,29)5)39(4)13-12-27(50)18-26(39)19-31(36)51)8-11-35(55)45(16-6-14-43-41(58,24(2)48)37(56)32(52)21-46)17-7-15-44-42(59,25(3)49)38(57)33(53)22-47/h23-34,36-38,43-44,46-54,56-59H,6-22H2,1-5H3/t23-,24+,25+,26+,27-,28-,29+,30+,31-,32-,33-,34+,36+,37-,38-,39+,40-,41+,42+/m1/s1. The monoisotopic (exact) mass is 850 g/mol. The molecule has 346 valence electrons. The first kappa shape index (κ1) is 50.5. The van der Waals surface area contributed by atoms with Crippen molar-refractivity contribution in [3.8, 4) is 0 Å². The van der Waals surface area contributed by atoms with Gasteiger partial charge < -0.3 is 71.3 Å². The van der Waals surface area contributed by atoms with Crippen LogP contribution in [0.3, 0.4) is 0 Å². The van der Waals surface area contributed by atoms with Gasteiger partial charge in [0, 0.05) is 19.5 Å². The lowest BCUT2D eigenvalue weighted by Crippen LogP contribution is -2.65. The lowest BCUT2D eigenvalue weighted by Gasteiger charge is -2.63. The summed E-state index contributed by atoms with van der Waals surface area (Å²) in [5.74, 6) is 0.567. The molecule has 4 aliphatic rings. The van der Waals surface area contributed by atoms with E-state index in [1.165, 1.54) is 13.8 Å². The molecule has 0 aliphatic heterocycles. The van der Waals surface area contributed by atoms with E-state index in [9.17, 15) is 71.2 Å². The highest BCUT2D eigenvalue weighted by Gasteiger charge is 2.65. The normalized spacial score (nSPS) is 37.7. The highest BCUT2D eigenvalue weighted by molar-refractivity contribution is 5.76. The van der Waals surface area contributed by atoms with Crippen LogP contribution < -0.4 is 10.6 Å². The molecule has 15 N–H and O–H groups in total. The maximum absolute atomic E-state index is 14.0. The molecule has 17 heteroatoms. The Bertz CT molecular complexity index is 1290. The molecule has 4 rings (SSSR count). The molecule has 0 aromatic heterocycles. The minimum absolute atomic E-state index is 0.0177. The van der Waals surface area contributed by atoms with Crippen LogP contribution in [0.15, 0.2) is 0 Å². The molecule has 4 fully saturated rings. The third-order valence-electron chi connectivity index (χ3n) is 16.0. The Morgan fingerprint density at radius 3 is 1.78 bits per heavy atom. The minimum Gasteiger partial charge on any atom is -0.394 e. The SMILES string of the molecule is C[C@H](CCC(=O)N(CCCN[C@](O)([C@H](C)O)[C@H](O)[C@H](O)CO)CCCN[C@](O)([C@H](C)O)[C@H](O)[C@H](O)CO)[C@H]1CC[C@H]2[C@@H]3[C@H](O)C[C@@H]4C[C@H](O)CC[C@]4(C)[C@H]3C[C@H](O)[C@]12C. The van der Waals surface area contributed by atoms with Gasteiger partial charge in [-0.1, -0.05) is 20.8 Å². The second kappa shape index (κ2) is 20.6. The van der Waals surface area contributed by atoms with Crippen LogP contribution in [0, 0.1) is 46.3 Å². The number of hydrogen-bond donors (Lipinski definition) is 15. The maximum Gasteiger partial charge on any atom is 0.222 e. The van der Waals surface area contributed by atoms with Gasteiger partial charge in [0.25, 0.3) is 0 Å². The largest absolute Gasteiger partial charge is 0.394 e. The average Bonchev–Trinajstić information content (AvgIpc) is 3.56. The summed E-state index contributed by atoms with van der Waals surface area (Å²) in [6.07, 6.45) is -5.35. The van der Waals surface area contributed by atoms with Crippen LogP contribution in [0.25, 0.3) is 0 Å². The van der Waals surface area contributed by atoms with Crippen molar-refractivity contribution in [1.29, 1.82) is 0 Å². The van der Waals surface area contributed by atoms with Gasteiger partial charge in [-0.3, -0.25) is 15.4 Å². The van der Waals surface area contributed by atoms with E-state index in [0.29, 0.717) is 25.7 Å². The molecule has 0 unspecified atom stereocenters. The van der Waals surface area contributed by atoms with Crippen LogP contribution in [-0.2, 0) is 4.79 Å². The Hall–Kier alpha value is -1.13. The van der Waals surface area contributed by atoms with E-state index in [1.54, 1.807) is 4.90 Å². The molecule has 0 spiro atoms. The molecule has 17 nitrogen and oxygen atoms in total. The number of aliphatic hydroxyl groups is 13. The number of hydrogen-bond acceptors (Lipinski definition) is 16. The minimum atomic E-state index is -2.37. The lowest BCUT2D eigenvalue weighted by molar-refractivity contribution is -0.207. The van der Waals surface area contributed by atoms with Gasteiger partial charge in [-0.05, 0) is 137 Å². The molecule has 0 bridgehead atoms. The molecule has 0 aromatic rings. The molecule has 0 aromatic carbocycles. The van der Waals surface area contributed by atoms with Crippen LogP contribution in [-0.4, -0.2) is 183 Å². The first-order chi connectivity index (χ1) is 27.5. The van der Waals surface area contributed by atoms with Crippen molar-refractivity contribution in [2.45, 2.75) is 172 Å². The number of rotatable bonds is 22. The zero-order valence-electron chi connectivity index (χ0n) is 35.9. The Kier molecular flexibility index (Phi) is 17.6. The van der Waals surface area contributed by atoms with Gasteiger partial charge in [0.2, 0.25) is 5.91 Å². The van der Waals surface area contributed by atoms with Gasteiger partial charge in [-0.15, -0.1) is 0 Å². The van der Waals surface area contributed by atoms with E-state index in [0.717, 1.165) is 25.7 Å². The third kappa shape index (κ3) is 10.3. The van der Waals surface area contributed by atoms with E-state index < -0.39 is 78.9 Å². The first-order valence-corrected chi connectivity index (χ1v) is 22.1. The highest BCUT2D eigenvalue weighted by Crippen LogP contribution is 2.68. The van der Waals surface area contributed by atoms with Crippen molar-refractivity contribution in [3.05, 3.63) is 0 Å². The topological polar surface area (TPSA) is 307 Å². The maximum atomic E-state index is 14.0. The summed E-state index contributed by atoms with van der Waals surface area (Å²) in [6.45, 7) is 7.56. The van der Waals surface area contributed by atoms with Gasteiger partial charge >= 0.3 is 0 Å². The molecule has 59 heavy (non-hydrogen) atoms. The molecule has 19 atom stereocenters. The molecule has 0 saturated heterocycles. The van der Waals surface area contributed by atoms with E-state index in [2.05, 4.69) is 31.4 Å². The molecular formula is C42H79N3O14. The second-order valence-electron chi connectivity index (χ2n) is 19.4. The van der Waals surface area contributed by atoms with Crippen molar-refractivity contribution >= 4 is 5.91 Å². The van der Waals surface area contributed by atoms with Crippen molar-refractivity contribution < 1.29 is 71.2 Å². The summed E-state index contributed by atoms with van der Waals surface area (Å²) in [5.41, 5.74) is -5.22. The molecule has 4 aliphatic carbocycles. The zero-order valence-corrected chi connectivity index (χ0v) is 35.9. The van der Waals surface area contributed by atoms with Crippen LogP contribution in [0.4, 0.5) is 0 Å². The van der Waals surface area contributed by atoms with Crippen molar-refractivity contribution in [2.24, 2.45) is 46.3 Å². The quantitative estimate of drug-likeness (QED) is 0.0403. The number of carbonyl (C=O) groups is 1. The lowest BCUT2D eigenvalue weighted by atomic mass is 9.43. The van der Waals surface area contributed by atoms with E-state index in [4.69, 9.17) is 0 Å². The van der Waals surface area contributed by atoms with Crippen LogP contribution in [0.2, 0.25) is 0 Å². The van der Waals surface area contributed by atoms with Gasteiger partial charge in [-0.2, -0.15) is 0 Å². The molecule has 4 saturated carbocycles. The Labute approximate surface area is 349 Å². The predicted octanol–water partition coefficient (Wildman–Crippen LogP) is -2.28. The fourth-order valence-electron chi connectivity index (χ4n) is 12.1. The van der Waals surface area contributed by atoms with Crippen LogP contribution in [0.1, 0.15) is 105 Å². The van der Waals surface area contributed by atoms with E-state index >= 15 is 0 Å². The summed E-state index contributed by atoms with van der Waals surface area (Å²) in [4.78, 5) is 15.6. The third-order valence-corrected chi connectivity index (χ3v) is 16.0. The summed E-state index contributed by atoms with van der Waals surface area (Å²) in [5, 5.41) is 141. The number of aliphatic hydroxyl groups excluding tert-OH is 11. The number of nitrogens with zero attached hydrogens (tertiary/aromatic N) is 1. The summed E-state index contributed by atoms with van der Waals surface area (Å²) < 4.78 is 0. The fraction of sp³-hybridized carbons (Fsp3) is 0.976. The van der Waals surface area contributed by atoms with Crippen molar-refractivity contribution in [3.63, 3.8) is 0 Å². The number of carbonyl (C=O) groups excluding carboxylic acids is 1. The van der Waals surface area contributed by atoms with Gasteiger partial charge in [-0.25, -0.2) is 0 Å². The average molecular weight is 850 g/mol. The molecule has 0 radical (unpaired) electrons. The van der Waals surface area contributed by atoms with E-state index in [-0.39, 0.29) is 98.4 Å². The predicted molar refractivity (Wildman–Crippen MR) is 216 cm³/mol. The summed E-state index contributed by atoms with van der Waals surface area (Å²) in [7, 11) is 0. The van der Waals surface area contributed by atoms with Crippen molar-refractivity contribution in [2.75, 3.05) is 39.4 Å². The summed E-state index contributed by atoms with van der Waals surface area (Å²) in [6, 6.07) is 0. The fourth-order valence-corrected chi connectivity index (χ4v) is 12.1. The van der Waals surface area contributed by atoms with E-state index in [1.807, 2.05) is 0 Å². The van der Waals surface area contributed by atoms with Crippen LogP contribution in [0.5, 0.6) is 0 Å². The molecule has 1 amide bonds. The van der Waals surface area contributed by atoms with Crippen LogP contribution >= 0.6 is 0 Å². The number of amides is 1. The van der Waals surface area contributed by atoms with Gasteiger partial charge in [0.15, 0.2) is 11.4 Å². The van der Waals surface area contributed by atoms with Gasteiger partial charge in [0.05, 0.1) is 43.7 Å². The zero-order chi connectivity index (χ0) is 44.2. The number of fused-ring (bicyclic) bond motifs is 5. The first-order valence-electron chi connectivity index (χ1n) is 22.1. The van der Waals surface area contributed by atoms with Crippen molar-refractivity contribution in [1.82, 2.24) is 15.5 Å². The smallest absolute Gasteiger partial charge is 0.222 e.